The molecular weight excluding hydrogens is 220 g/mol. The van der Waals surface area contributed by atoms with Crippen LogP contribution in [0.15, 0.2) is 4.52 Å². The topological polar surface area (TPSA) is 77.4 Å². The Kier molecular flexibility index (Phi) is 4.47. The zero-order valence-corrected chi connectivity index (χ0v) is 10.3. The van der Waals surface area contributed by atoms with Gasteiger partial charge in [0.2, 0.25) is 5.89 Å². The second kappa shape index (κ2) is 6.09. The van der Waals surface area contributed by atoms with Gasteiger partial charge >= 0.3 is 0 Å². The maximum Gasteiger partial charge on any atom is 0.240 e. The molecule has 2 N–H and O–H groups in total. The van der Waals surface area contributed by atoms with Crippen LogP contribution in [0, 0.1) is 0 Å². The van der Waals surface area contributed by atoms with Crippen LogP contribution < -0.4 is 5.73 Å². The molecule has 1 aliphatic heterocycles. The number of likely N-dealkylation sites (tertiary alicyclic amines) is 1. The summed E-state index contributed by atoms with van der Waals surface area (Å²) in [5.74, 6) is 1.23. The molecule has 0 aliphatic carbocycles. The highest BCUT2D eigenvalue weighted by Crippen LogP contribution is 2.15. The third kappa shape index (κ3) is 3.49. The minimum atomic E-state index is 0.305. The molecule has 2 heterocycles. The van der Waals surface area contributed by atoms with Gasteiger partial charge in [0.15, 0.2) is 5.82 Å². The van der Waals surface area contributed by atoms with E-state index in [9.17, 15) is 0 Å². The van der Waals surface area contributed by atoms with E-state index in [1.807, 2.05) is 6.92 Å². The summed E-state index contributed by atoms with van der Waals surface area (Å²) in [7, 11) is 0. The van der Waals surface area contributed by atoms with Crippen LogP contribution in [-0.2, 0) is 17.8 Å². The molecule has 96 valence electrons. The highest BCUT2D eigenvalue weighted by Gasteiger charge is 2.20. The quantitative estimate of drug-likeness (QED) is 0.809. The molecule has 6 heteroatoms. The molecule has 1 saturated heterocycles. The van der Waals surface area contributed by atoms with Gasteiger partial charge in [0.05, 0.1) is 19.2 Å². The van der Waals surface area contributed by atoms with Crippen LogP contribution in [-0.4, -0.2) is 40.8 Å². The number of hydrogen-bond acceptors (Lipinski definition) is 6. The first-order valence-electron chi connectivity index (χ1n) is 6.17. The third-order valence-corrected chi connectivity index (χ3v) is 2.99. The largest absolute Gasteiger partial charge is 0.378 e. The summed E-state index contributed by atoms with van der Waals surface area (Å²) in [6.07, 6.45) is 2.58. The molecule has 17 heavy (non-hydrogen) atoms. The molecular formula is C11H20N4O2. The summed E-state index contributed by atoms with van der Waals surface area (Å²) in [5, 5.41) is 3.90. The van der Waals surface area contributed by atoms with Crippen LogP contribution in [0.25, 0.3) is 0 Å². The van der Waals surface area contributed by atoms with Gasteiger partial charge in [-0.2, -0.15) is 4.98 Å². The van der Waals surface area contributed by atoms with Crippen molar-refractivity contribution in [2.75, 3.05) is 19.7 Å². The predicted molar refractivity (Wildman–Crippen MR) is 62.1 cm³/mol. The number of hydrogen-bond donors (Lipinski definition) is 1. The maximum atomic E-state index is 5.61. The molecule has 1 fully saturated rings. The summed E-state index contributed by atoms with van der Waals surface area (Å²) in [4.78, 5) is 6.52. The number of rotatable bonds is 5. The lowest BCUT2D eigenvalue weighted by molar-refractivity contribution is 0.0119. The van der Waals surface area contributed by atoms with Crippen LogP contribution in [0.5, 0.6) is 0 Å². The van der Waals surface area contributed by atoms with Crippen LogP contribution in [0.1, 0.15) is 31.5 Å². The van der Waals surface area contributed by atoms with Gasteiger partial charge in [-0.25, -0.2) is 0 Å². The van der Waals surface area contributed by atoms with Crippen molar-refractivity contribution >= 4 is 0 Å². The monoisotopic (exact) mass is 240 g/mol. The fourth-order valence-corrected chi connectivity index (χ4v) is 2.11. The van der Waals surface area contributed by atoms with E-state index in [4.69, 9.17) is 15.0 Å². The molecule has 0 atom stereocenters. The van der Waals surface area contributed by atoms with Crippen molar-refractivity contribution in [1.29, 1.82) is 0 Å². The van der Waals surface area contributed by atoms with E-state index >= 15 is 0 Å². The molecule has 6 nitrogen and oxygen atoms in total. The first kappa shape index (κ1) is 12.5. The van der Waals surface area contributed by atoms with E-state index in [1.165, 1.54) is 0 Å². The lowest BCUT2D eigenvalue weighted by atomic mass is 10.1. The van der Waals surface area contributed by atoms with Crippen molar-refractivity contribution in [3.05, 3.63) is 11.7 Å². The van der Waals surface area contributed by atoms with Crippen molar-refractivity contribution in [3.8, 4) is 0 Å². The van der Waals surface area contributed by atoms with Crippen molar-refractivity contribution in [2.45, 2.75) is 39.0 Å². The molecule has 2 rings (SSSR count). The summed E-state index contributed by atoms with van der Waals surface area (Å²) in [6, 6.07) is 0. The average molecular weight is 240 g/mol. The average Bonchev–Trinajstić information content (AvgIpc) is 2.80. The third-order valence-electron chi connectivity index (χ3n) is 2.99. The normalized spacial score (nSPS) is 18.7. The number of nitrogens with zero attached hydrogens (tertiary/aromatic N) is 3. The second-order valence-electron chi connectivity index (χ2n) is 4.24. The Morgan fingerprint density at radius 2 is 2.24 bits per heavy atom. The Morgan fingerprint density at radius 3 is 2.82 bits per heavy atom. The van der Waals surface area contributed by atoms with Gasteiger partial charge in [0.1, 0.15) is 0 Å². The minimum absolute atomic E-state index is 0.305. The van der Waals surface area contributed by atoms with Crippen LogP contribution in [0.3, 0.4) is 0 Å². The molecule has 1 aromatic heterocycles. The number of nitrogens with two attached hydrogens (primary N) is 1. The summed E-state index contributed by atoms with van der Waals surface area (Å²) in [6.45, 7) is 5.94. The zero-order chi connectivity index (χ0) is 12.1. The van der Waals surface area contributed by atoms with Gasteiger partial charge in [-0.05, 0) is 19.8 Å². The van der Waals surface area contributed by atoms with Crippen LogP contribution in [0.2, 0.25) is 0 Å². The molecule has 1 aromatic rings. The zero-order valence-electron chi connectivity index (χ0n) is 10.3. The lowest BCUT2D eigenvalue weighted by Gasteiger charge is -2.30. The summed E-state index contributed by atoms with van der Waals surface area (Å²) >= 11 is 0. The Bertz CT molecular complexity index is 334. The standard InChI is InChI=1S/C11H20N4O2/c1-2-16-9-3-5-15(6-4-9)8-10-13-11(7-12)17-14-10/h9H,2-8,12H2,1H3. The maximum absolute atomic E-state index is 5.61. The van der Waals surface area contributed by atoms with E-state index in [-0.39, 0.29) is 0 Å². The summed E-state index contributed by atoms with van der Waals surface area (Å²) in [5.41, 5.74) is 5.42. The van der Waals surface area contributed by atoms with Crippen molar-refractivity contribution in [3.63, 3.8) is 0 Å². The molecule has 0 radical (unpaired) electrons. The van der Waals surface area contributed by atoms with Crippen molar-refractivity contribution < 1.29 is 9.26 Å². The van der Waals surface area contributed by atoms with Crippen molar-refractivity contribution in [2.24, 2.45) is 5.73 Å². The molecule has 0 unspecified atom stereocenters. The molecule has 0 saturated carbocycles. The van der Waals surface area contributed by atoms with Crippen molar-refractivity contribution in [1.82, 2.24) is 15.0 Å². The second-order valence-corrected chi connectivity index (χ2v) is 4.24. The van der Waals surface area contributed by atoms with E-state index in [2.05, 4.69) is 15.0 Å². The molecule has 0 amide bonds. The Hall–Kier alpha value is -0.980. The van der Waals surface area contributed by atoms with Gasteiger partial charge in [-0.3, -0.25) is 4.90 Å². The number of piperidine rings is 1. The Morgan fingerprint density at radius 1 is 1.47 bits per heavy atom. The van der Waals surface area contributed by atoms with Gasteiger partial charge < -0.3 is 15.0 Å². The highest BCUT2D eigenvalue weighted by molar-refractivity contribution is 4.87. The molecule has 0 bridgehead atoms. The predicted octanol–water partition coefficient (Wildman–Crippen LogP) is 0.529. The van der Waals surface area contributed by atoms with Gasteiger partial charge in [0, 0.05) is 19.7 Å². The van der Waals surface area contributed by atoms with E-state index in [0.29, 0.717) is 18.5 Å². The van der Waals surface area contributed by atoms with Crippen LogP contribution in [0.4, 0.5) is 0 Å². The van der Waals surface area contributed by atoms with Gasteiger partial charge in [-0.15, -0.1) is 0 Å². The first-order valence-corrected chi connectivity index (χ1v) is 6.17. The fraction of sp³-hybridized carbons (Fsp3) is 0.818. The van der Waals surface area contributed by atoms with E-state index in [1.54, 1.807) is 0 Å². The SMILES string of the molecule is CCOC1CCN(Cc2noc(CN)n2)CC1. The van der Waals surface area contributed by atoms with Crippen LogP contribution >= 0.6 is 0 Å². The molecule has 1 aliphatic rings. The van der Waals surface area contributed by atoms with E-state index < -0.39 is 0 Å². The lowest BCUT2D eigenvalue weighted by Crippen LogP contribution is -2.36. The van der Waals surface area contributed by atoms with Gasteiger partial charge in [-0.1, -0.05) is 5.16 Å². The van der Waals surface area contributed by atoms with Gasteiger partial charge in [0.25, 0.3) is 0 Å². The minimum Gasteiger partial charge on any atom is -0.378 e. The molecule has 0 aromatic carbocycles. The number of ether oxygens (including phenoxy) is 1. The van der Waals surface area contributed by atoms with E-state index in [0.717, 1.165) is 44.9 Å². The fourth-order valence-electron chi connectivity index (χ4n) is 2.11. The Balaban J connectivity index is 1.77. The Labute approximate surface area is 101 Å². The molecule has 0 spiro atoms. The smallest absolute Gasteiger partial charge is 0.240 e. The number of aromatic nitrogens is 2. The summed E-state index contributed by atoms with van der Waals surface area (Å²) < 4.78 is 10.6. The highest BCUT2D eigenvalue weighted by atomic mass is 16.5. The first-order chi connectivity index (χ1) is 8.31.